The summed E-state index contributed by atoms with van der Waals surface area (Å²) in [7, 11) is -6.16. The summed E-state index contributed by atoms with van der Waals surface area (Å²) in [6.07, 6.45) is -13.0. The number of esters is 2. The van der Waals surface area contributed by atoms with Gasteiger partial charge in [-0.3, -0.25) is 0 Å². The van der Waals surface area contributed by atoms with Crippen molar-refractivity contribution in [3.05, 3.63) is 35.0 Å². The van der Waals surface area contributed by atoms with Gasteiger partial charge in [-0.25, -0.2) is 18.0 Å². The van der Waals surface area contributed by atoms with Crippen molar-refractivity contribution >= 4 is 89.8 Å². The molecule has 1 rings (SSSR count). The lowest BCUT2D eigenvalue weighted by Gasteiger charge is -2.36. The second kappa shape index (κ2) is 10.2. The summed E-state index contributed by atoms with van der Waals surface area (Å²) in [6.45, 7) is 0. The predicted octanol–water partition coefficient (Wildman–Crippen LogP) is 3.91. The van der Waals surface area contributed by atoms with Gasteiger partial charge in [0.25, 0.3) is 0 Å². The van der Waals surface area contributed by atoms with E-state index in [1.807, 2.05) is 22.6 Å². The van der Waals surface area contributed by atoms with Crippen molar-refractivity contribution in [2.24, 2.45) is 0 Å². The number of alkyl halides is 6. The molecule has 1 aromatic rings. The summed E-state index contributed by atoms with van der Waals surface area (Å²) < 4.78 is 120. The summed E-state index contributed by atoms with van der Waals surface area (Å²) in [4.78, 5) is 23.3. The van der Waals surface area contributed by atoms with Crippen LogP contribution in [0.5, 0.6) is 5.75 Å². The Kier molecular flexibility index (Phi) is 9.45. The van der Waals surface area contributed by atoms with Crippen molar-refractivity contribution in [1.82, 2.24) is 0 Å². The SMILES string of the molecule is O=C(/C=C\C(=O)OC(CS(=O)(=O)[O-])(C(F)(F)F)C(F)(F)F)Oc1c(I)cc(I)cc1I. The van der Waals surface area contributed by atoms with Gasteiger partial charge >= 0.3 is 29.9 Å². The average Bonchev–Trinajstić information content (AvgIpc) is 2.52. The van der Waals surface area contributed by atoms with E-state index in [1.54, 1.807) is 57.3 Å². The van der Waals surface area contributed by atoms with Gasteiger partial charge in [-0.2, -0.15) is 26.3 Å². The van der Waals surface area contributed by atoms with Crippen LogP contribution >= 0.6 is 67.8 Å². The molecular formula is C14H6F6I3O7S-. The van der Waals surface area contributed by atoms with Gasteiger partial charge in [0.2, 0.25) is 0 Å². The predicted molar refractivity (Wildman–Crippen MR) is 115 cm³/mol. The van der Waals surface area contributed by atoms with Gasteiger partial charge in [0.1, 0.15) is 0 Å². The smallest absolute Gasteiger partial charge is 0.438 e. The lowest BCUT2D eigenvalue weighted by molar-refractivity contribution is -0.360. The Bertz CT molecular complexity index is 968. The molecule has 0 amide bonds. The maximum Gasteiger partial charge on any atom is 0.438 e. The Labute approximate surface area is 211 Å². The van der Waals surface area contributed by atoms with Crippen LogP contribution in [0.25, 0.3) is 0 Å². The molecule has 0 aliphatic heterocycles. The number of hydrogen-bond donors (Lipinski definition) is 0. The summed E-state index contributed by atoms with van der Waals surface area (Å²) in [6, 6.07) is 3.18. The molecule has 0 bridgehead atoms. The third-order valence-corrected chi connectivity index (χ3v) is 6.08. The number of benzene rings is 1. The van der Waals surface area contributed by atoms with Crippen LogP contribution < -0.4 is 4.74 Å². The van der Waals surface area contributed by atoms with Crippen LogP contribution in [-0.2, 0) is 24.4 Å². The minimum atomic E-state index is -6.51. The Balaban J connectivity index is 3.15. The molecule has 0 aromatic heterocycles. The fourth-order valence-corrected chi connectivity index (χ4v) is 6.51. The van der Waals surface area contributed by atoms with E-state index in [0.29, 0.717) is 7.14 Å². The van der Waals surface area contributed by atoms with Crippen LogP contribution in [0.3, 0.4) is 0 Å². The van der Waals surface area contributed by atoms with Crippen molar-refractivity contribution in [1.29, 1.82) is 0 Å². The number of rotatable bonds is 6. The molecule has 174 valence electrons. The molecule has 0 radical (unpaired) electrons. The molecule has 0 unspecified atom stereocenters. The number of halogens is 9. The van der Waals surface area contributed by atoms with E-state index < -0.39 is 45.8 Å². The molecule has 17 heteroatoms. The van der Waals surface area contributed by atoms with Gasteiger partial charge < -0.3 is 14.0 Å². The molecule has 0 saturated heterocycles. The fraction of sp³-hybridized carbons (Fsp3) is 0.286. The van der Waals surface area contributed by atoms with E-state index in [9.17, 15) is 48.9 Å². The van der Waals surface area contributed by atoms with E-state index in [4.69, 9.17) is 4.74 Å². The normalized spacial score (nSPS) is 13.4. The molecular weight excluding hydrogens is 807 g/mol. The average molecular weight is 813 g/mol. The number of carbonyl (C=O) groups excluding carboxylic acids is 2. The Hall–Kier alpha value is -0.420. The number of hydrogen-bond acceptors (Lipinski definition) is 7. The molecule has 1 aromatic carbocycles. The van der Waals surface area contributed by atoms with Crippen LogP contribution in [0.15, 0.2) is 24.3 Å². The zero-order chi connectivity index (χ0) is 24.4. The molecule has 0 atom stereocenters. The van der Waals surface area contributed by atoms with E-state index in [0.717, 1.165) is 3.57 Å². The van der Waals surface area contributed by atoms with Gasteiger partial charge in [-0.15, -0.1) is 0 Å². The first-order chi connectivity index (χ1) is 13.8. The van der Waals surface area contributed by atoms with E-state index in [2.05, 4.69) is 4.74 Å². The highest BCUT2D eigenvalue weighted by Crippen LogP contribution is 2.46. The molecule has 7 nitrogen and oxygen atoms in total. The molecule has 0 fully saturated rings. The fourth-order valence-electron chi connectivity index (χ4n) is 1.82. The van der Waals surface area contributed by atoms with Crippen molar-refractivity contribution < 1.29 is 58.4 Å². The van der Waals surface area contributed by atoms with Gasteiger partial charge in [-0.1, -0.05) is 0 Å². The molecule has 0 aliphatic carbocycles. The van der Waals surface area contributed by atoms with Gasteiger partial charge in [0.15, 0.2) is 5.75 Å². The number of carbonyl (C=O) groups is 2. The summed E-state index contributed by atoms with van der Waals surface area (Å²) in [5.74, 6) is -6.87. The zero-order valence-electron chi connectivity index (χ0n) is 14.2. The van der Waals surface area contributed by atoms with Gasteiger partial charge in [0, 0.05) is 15.7 Å². The Morgan fingerprint density at radius 1 is 0.935 bits per heavy atom. The maximum absolute atomic E-state index is 13.1. The van der Waals surface area contributed by atoms with Crippen LogP contribution in [-0.4, -0.2) is 48.6 Å². The summed E-state index contributed by atoms with van der Waals surface area (Å²) in [5.41, 5.74) is -5.63. The largest absolute Gasteiger partial charge is 0.748 e. The first-order valence-corrected chi connectivity index (χ1v) is 11.9. The standard InChI is InChI=1S/C14H7F6I3O7S/c15-13(16,17)12(14(18,19)20,5-31(26,27)28)30-10(25)2-1-9(24)29-11-7(22)3-6(21)4-8(11)23/h1-4H,5H2,(H,26,27,28)/p-1/b2-1-. The van der Waals surface area contributed by atoms with Crippen LogP contribution in [0.4, 0.5) is 26.3 Å². The van der Waals surface area contributed by atoms with Crippen molar-refractivity contribution in [3.8, 4) is 5.75 Å². The first-order valence-electron chi connectivity index (χ1n) is 7.13. The highest BCUT2D eigenvalue weighted by Gasteiger charge is 2.75. The summed E-state index contributed by atoms with van der Waals surface area (Å²) >= 11 is 5.56. The van der Waals surface area contributed by atoms with E-state index in [-0.39, 0.29) is 17.9 Å². The Morgan fingerprint density at radius 3 is 1.74 bits per heavy atom. The molecule has 0 aliphatic rings. The maximum atomic E-state index is 13.1. The van der Waals surface area contributed by atoms with Crippen LogP contribution in [0, 0.1) is 10.7 Å². The second-order valence-corrected chi connectivity index (χ2v) is 10.4. The third kappa shape index (κ3) is 7.84. The third-order valence-electron chi connectivity index (χ3n) is 3.09. The number of ether oxygens (including phenoxy) is 2. The molecule has 0 saturated carbocycles. The first kappa shape index (κ1) is 28.6. The highest BCUT2D eigenvalue weighted by atomic mass is 127. The van der Waals surface area contributed by atoms with Crippen molar-refractivity contribution in [2.45, 2.75) is 18.0 Å². The van der Waals surface area contributed by atoms with Crippen LogP contribution in [0.2, 0.25) is 0 Å². The molecule has 0 N–H and O–H groups in total. The van der Waals surface area contributed by atoms with Gasteiger partial charge in [-0.05, 0) is 79.9 Å². The van der Waals surface area contributed by atoms with Gasteiger partial charge in [0.05, 0.1) is 23.0 Å². The highest BCUT2D eigenvalue weighted by molar-refractivity contribution is 14.1. The van der Waals surface area contributed by atoms with Crippen molar-refractivity contribution in [2.75, 3.05) is 5.75 Å². The minimum Gasteiger partial charge on any atom is -0.748 e. The monoisotopic (exact) mass is 813 g/mol. The second-order valence-electron chi connectivity index (χ2n) is 5.40. The zero-order valence-corrected chi connectivity index (χ0v) is 21.5. The lowest BCUT2D eigenvalue weighted by atomic mass is 10.1. The molecule has 0 heterocycles. The quantitative estimate of drug-likeness (QED) is 0.107. The van der Waals surface area contributed by atoms with Crippen molar-refractivity contribution in [3.63, 3.8) is 0 Å². The van der Waals surface area contributed by atoms with E-state index >= 15 is 0 Å². The van der Waals surface area contributed by atoms with E-state index in [1.165, 1.54) is 0 Å². The lowest BCUT2D eigenvalue weighted by Crippen LogP contribution is -2.63. The minimum absolute atomic E-state index is 0.0158. The topological polar surface area (TPSA) is 110 Å². The molecule has 0 spiro atoms. The molecule has 31 heavy (non-hydrogen) atoms. The van der Waals surface area contributed by atoms with Crippen LogP contribution in [0.1, 0.15) is 0 Å². The Morgan fingerprint density at radius 2 is 1.35 bits per heavy atom. The summed E-state index contributed by atoms with van der Waals surface area (Å²) in [5, 5.41) is 0.